The van der Waals surface area contributed by atoms with Crippen molar-refractivity contribution in [3.63, 3.8) is 0 Å². The van der Waals surface area contributed by atoms with Crippen LogP contribution >= 0.6 is 0 Å². The summed E-state index contributed by atoms with van der Waals surface area (Å²) in [6.07, 6.45) is 3.61. The third-order valence-corrected chi connectivity index (χ3v) is 4.67. The first-order valence-corrected chi connectivity index (χ1v) is 8.88. The summed E-state index contributed by atoms with van der Waals surface area (Å²) >= 11 is 0. The van der Waals surface area contributed by atoms with Crippen molar-refractivity contribution in [2.75, 3.05) is 26.2 Å². The van der Waals surface area contributed by atoms with Crippen molar-refractivity contribution in [2.45, 2.75) is 45.6 Å². The fourth-order valence-electron chi connectivity index (χ4n) is 3.18. The number of nitrogens with one attached hydrogen (secondary N) is 2. The SMILES string of the molecule is Cc1cc(C[C@H](C)NC(=O)N2CCCN(C(=O)C3CC3)CC2)n[nH]1. The van der Waals surface area contributed by atoms with Gasteiger partial charge in [0.05, 0.1) is 5.69 Å². The van der Waals surface area contributed by atoms with E-state index >= 15 is 0 Å². The van der Waals surface area contributed by atoms with E-state index in [0.29, 0.717) is 26.1 Å². The molecule has 24 heavy (non-hydrogen) atoms. The normalized spacial score (nSPS) is 19.8. The van der Waals surface area contributed by atoms with Gasteiger partial charge in [-0.2, -0.15) is 5.10 Å². The molecule has 7 heteroatoms. The number of aromatic nitrogens is 2. The van der Waals surface area contributed by atoms with Gasteiger partial charge in [0.2, 0.25) is 5.91 Å². The lowest BCUT2D eigenvalue weighted by Crippen LogP contribution is -2.46. The summed E-state index contributed by atoms with van der Waals surface area (Å²) in [5.74, 6) is 0.530. The second kappa shape index (κ2) is 7.23. The summed E-state index contributed by atoms with van der Waals surface area (Å²) in [6, 6.07) is 1.97. The summed E-state index contributed by atoms with van der Waals surface area (Å²) < 4.78 is 0. The summed E-state index contributed by atoms with van der Waals surface area (Å²) in [5, 5.41) is 10.2. The van der Waals surface area contributed by atoms with Crippen LogP contribution in [0.5, 0.6) is 0 Å². The van der Waals surface area contributed by atoms with E-state index in [0.717, 1.165) is 37.2 Å². The Balaban J connectivity index is 1.46. The van der Waals surface area contributed by atoms with Crippen LogP contribution in [0.2, 0.25) is 0 Å². The van der Waals surface area contributed by atoms with Crippen LogP contribution in [0.25, 0.3) is 0 Å². The average Bonchev–Trinajstić information content (AvgIpc) is 3.34. The lowest BCUT2D eigenvalue weighted by atomic mass is 10.2. The quantitative estimate of drug-likeness (QED) is 0.871. The topological polar surface area (TPSA) is 81.3 Å². The van der Waals surface area contributed by atoms with Crippen LogP contribution in [0.1, 0.15) is 37.6 Å². The molecule has 3 amide bonds. The highest BCUT2D eigenvalue weighted by Gasteiger charge is 2.34. The molecule has 7 nitrogen and oxygen atoms in total. The molecular formula is C17H27N5O2. The highest BCUT2D eigenvalue weighted by Crippen LogP contribution is 2.31. The van der Waals surface area contributed by atoms with Crippen molar-refractivity contribution in [2.24, 2.45) is 5.92 Å². The molecule has 0 aromatic carbocycles. The van der Waals surface area contributed by atoms with Gasteiger partial charge in [-0.1, -0.05) is 0 Å². The molecule has 0 unspecified atom stereocenters. The van der Waals surface area contributed by atoms with Crippen LogP contribution in [0.3, 0.4) is 0 Å². The van der Waals surface area contributed by atoms with Crippen molar-refractivity contribution < 1.29 is 9.59 Å². The number of carbonyl (C=O) groups excluding carboxylic acids is 2. The first-order chi connectivity index (χ1) is 11.5. The van der Waals surface area contributed by atoms with E-state index in [1.165, 1.54) is 0 Å². The molecule has 3 rings (SSSR count). The predicted octanol–water partition coefficient (Wildman–Crippen LogP) is 1.30. The number of hydrogen-bond donors (Lipinski definition) is 2. The number of carbonyl (C=O) groups is 2. The molecular weight excluding hydrogens is 306 g/mol. The molecule has 1 saturated heterocycles. The van der Waals surface area contributed by atoms with E-state index in [9.17, 15) is 9.59 Å². The molecule has 0 radical (unpaired) electrons. The molecule has 0 spiro atoms. The molecule has 1 atom stereocenters. The molecule has 2 fully saturated rings. The largest absolute Gasteiger partial charge is 0.341 e. The molecule has 2 aliphatic rings. The average molecular weight is 333 g/mol. The first kappa shape index (κ1) is 16.8. The Morgan fingerprint density at radius 2 is 2.00 bits per heavy atom. The Labute approximate surface area is 142 Å². The summed E-state index contributed by atoms with van der Waals surface area (Å²) in [5.41, 5.74) is 1.98. The van der Waals surface area contributed by atoms with Crippen LogP contribution in [-0.4, -0.2) is 64.2 Å². The number of amides is 3. The van der Waals surface area contributed by atoms with Crippen molar-refractivity contribution in [1.82, 2.24) is 25.3 Å². The number of rotatable bonds is 4. The van der Waals surface area contributed by atoms with E-state index < -0.39 is 0 Å². The standard InChI is InChI=1S/C17H27N5O2/c1-12(10-15-11-13(2)19-20-15)18-17(24)22-7-3-6-21(8-9-22)16(23)14-4-5-14/h11-12,14H,3-10H2,1-2H3,(H,18,24)(H,19,20)/t12-/m0/s1. The molecule has 2 heterocycles. The van der Waals surface area contributed by atoms with Gasteiger partial charge in [0.1, 0.15) is 0 Å². The number of hydrogen-bond acceptors (Lipinski definition) is 3. The Bertz CT molecular complexity index is 596. The van der Waals surface area contributed by atoms with Crippen molar-refractivity contribution in [1.29, 1.82) is 0 Å². The van der Waals surface area contributed by atoms with E-state index in [2.05, 4.69) is 15.5 Å². The second-order valence-corrected chi connectivity index (χ2v) is 7.04. The Morgan fingerprint density at radius 1 is 1.29 bits per heavy atom. The van der Waals surface area contributed by atoms with Crippen LogP contribution in [-0.2, 0) is 11.2 Å². The highest BCUT2D eigenvalue weighted by atomic mass is 16.2. The minimum atomic E-state index is -0.0459. The molecule has 1 aromatic rings. The molecule has 0 bridgehead atoms. The third-order valence-electron chi connectivity index (χ3n) is 4.67. The Kier molecular flexibility index (Phi) is 5.06. The Morgan fingerprint density at radius 3 is 2.67 bits per heavy atom. The Hall–Kier alpha value is -2.05. The van der Waals surface area contributed by atoms with E-state index in [1.807, 2.05) is 29.7 Å². The number of urea groups is 1. The van der Waals surface area contributed by atoms with Gasteiger partial charge in [-0.3, -0.25) is 9.89 Å². The molecule has 1 aromatic heterocycles. The number of aryl methyl sites for hydroxylation is 1. The van der Waals surface area contributed by atoms with Crippen LogP contribution < -0.4 is 5.32 Å². The zero-order valence-electron chi connectivity index (χ0n) is 14.5. The lowest BCUT2D eigenvalue weighted by molar-refractivity contribution is -0.132. The zero-order valence-corrected chi connectivity index (χ0v) is 14.5. The maximum atomic E-state index is 12.5. The van der Waals surface area contributed by atoms with E-state index in [4.69, 9.17) is 0 Å². The van der Waals surface area contributed by atoms with Gasteiger partial charge in [0.15, 0.2) is 0 Å². The summed E-state index contributed by atoms with van der Waals surface area (Å²) in [4.78, 5) is 28.4. The van der Waals surface area contributed by atoms with Gasteiger partial charge in [0.25, 0.3) is 0 Å². The summed E-state index contributed by atoms with van der Waals surface area (Å²) in [7, 11) is 0. The first-order valence-electron chi connectivity index (χ1n) is 8.88. The van der Waals surface area contributed by atoms with Gasteiger partial charge in [-0.15, -0.1) is 0 Å². The zero-order chi connectivity index (χ0) is 17.1. The maximum absolute atomic E-state index is 12.5. The van der Waals surface area contributed by atoms with Crippen molar-refractivity contribution >= 4 is 11.9 Å². The van der Waals surface area contributed by atoms with Gasteiger partial charge in [0, 0.05) is 50.3 Å². The fourth-order valence-corrected chi connectivity index (χ4v) is 3.18. The van der Waals surface area contributed by atoms with Crippen LogP contribution in [0.4, 0.5) is 4.79 Å². The van der Waals surface area contributed by atoms with Gasteiger partial charge in [-0.05, 0) is 39.2 Å². The second-order valence-electron chi connectivity index (χ2n) is 7.04. The monoisotopic (exact) mass is 333 g/mol. The molecule has 1 aliphatic heterocycles. The smallest absolute Gasteiger partial charge is 0.317 e. The summed E-state index contributed by atoms with van der Waals surface area (Å²) in [6.45, 7) is 6.68. The van der Waals surface area contributed by atoms with Gasteiger partial charge in [-0.25, -0.2) is 4.79 Å². The fraction of sp³-hybridized carbons (Fsp3) is 0.706. The molecule has 2 N–H and O–H groups in total. The van der Waals surface area contributed by atoms with Crippen molar-refractivity contribution in [3.8, 4) is 0 Å². The minimum absolute atomic E-state index is 0.0210. The van der Waals surface area contributed by atoms with Gasteiger partial charge < -0.3 is 15.1 Å². The molecule has 132 valence electrons. The molecule has 1 saturated carbocycles. The lowest BCUT2D eigenvalue weighted by Gasteiger charge is -2.24. The van der Waals surface area contributed by atoms with Gasteiger partial charge >= 0.3 is 6.03 Å². The highest BCUT2D eigenvalue weighted by molar-refractivity contribution is 5.81. The van der Waals surface area contributed by atoms with Crippen LogP contribution in [0.15, 0.2) is 6.07 Å². The number of H-pyrrole nitrogens is 1. The minimum Gasteiger partial charge on any atom is -0.341 e. The van der Waals surface area contributed by atoms with Crippen molar-refractivity contribution in [3.05, 3.63) is 17.5 Å². The number of nitrogens with zero attached hydrogens (tertiary/aromatic N) is 3. The maximum Gasteiger partial charge on any atom is 0.317 e. The van der Waals surface area contributed by atoms with E-state index in [-0.39, 0.29) is 23.9 Å². The molecule has 1 aliphatic carbocycles. The predicted molar refractivity (Wildman–Crippen MR) is 90.5 cm³/mol. The number of aromatic amines is 1. The van der Waals surface area contributed by atoms with E-state index in [1.54, 1.807) is 0 Å². The third kappa shape index (κ3) is 4.27. The van der Waals surface area contributed by atoms with Crippen LogP contribution in [0, 0.1) is 12.8 Å².